The second kappa shape index (κ2) is 8.80. The number of nitrogens with zero attached hydrogens (tertiary/aromatic N) is 1. The third-order valence-corrected chi connectivity index (χ3v) is 5.35. The minimum Gasteiger partial charge on any atom is -0.463 e. The number of carbonyl (C=O) groups excluding carboxylic acids is 2. The Labute approximate surface area is 174 Å². The van der Waals surface area contributed by atoms with Crippen LogP contribution >= 0.6 is 23.2 Å². The molecule has 1 aliphatic rings. The molecule has 28 heavy (non-hydrogen) atoms. The van der Waals surface area contributed by atoms with Gasteiger partial charge in [-0.2, -0.15) is 0 Å². The van der Waals surface area contributed by atoms with Crippen molar-refractivity contribution in [2.75, 3.05) is 6.61 Å². The number of carbonyl (C=O) groups is 2. The molecule has 2 aromatic carbocycles. The molecular formula is C22H21Cl2NO3. The molecule has 1 heterocycles. The lowest BCUT2D eigenvalue weighted by Crippen LogP contribution is -2.38. The maximum Gasteiger partial charge on any atom is 0.336 e. The van der Waals surface area contributed by atoms with Gasteiger partial charge in [0.25, 0.3) is 0 Å². The molecule has 0 saturated carbocycles. The van der Waals surface area contributed by atoms with Crippen molar-refractivity contribution in [2.45, 2.75) is 32.7 Å². The van der Waals surface area contributed by atoms with E-state index in [-0.39, 0.29) is 24.9 Å². The SMILES string of the molecule is CCOC(=O)C1=C(C)N(Cc2ccc(Cl)cc2)C(=O)C[C@@H]1c1ccc(Cl)cc1. The molecule has 0 aliphatic carbocycles. The van der Waals surface area contributed by atoms with Crippen LogP contribution in [0.15, 0.2) is 59.8 Å². The van der Waals surface area contributed by atoms with Crippen LogP contribution < -0.4 is 0 Å². The molecule has 2 aromatic rings. The lowest BCUT2D eigenvalue weighted by atomic mass is 9.83. The third-order valence-electron chi connectivity index (χ3n) is 4.84. The molecule has 6 heteroatoms. The molecular weight excluding hydrogens is 397 g/mol. The van der Waals surface area contributed by atoms with Gasteiger partial charge >= 0.3 is 5.97 Å². The smallest absolute Gasteiger partial charge is 0.336 e. The van der Waals surface area contributed by atoms with Crippen molar-refractivity contribution in [3.63, 3.8) is 0 Å². The van der Waals surface area contributed by atoms with E-state index in [4.69, 9.17) is 27.9 Å². The second-order valence-electron chi connectivity index (χ2n) is 6.63. The van der Waals surface area contributed by atoms with Crippen molar-refractivity contribution >= 4 is 35.1 Å². The lowest BCUT2D eigenvalue weighted by Gasteiger charge is -2.34. The van der Waals surface area contributed by atoms with Crippen LogP contribution in [0.4, 0.5) is 0 Å². The first-order chi connectivity index (χ1) is 13.4. The predicted octanol–water partition coefficient (Wildman–Crippen LogP) is 5.35. The number of allylic oxidation sites excluding steroid dienone is 1. The molecule has 4 nitrogen and oxygen atoms in total. The summed E-state index contributed by atoms with van der Waals surface area (Å²) in [5, 5.41) is 1.24. The Morgan fingerprint density at radius 2 is 1.64 bits per heavy atom. The van der Waals surface area contributed by atoms with Gasteiger partial charge in [0.05, 0.1) is 18.7 Å². The van der Waals surface area contributed by atoms with Crippen LogP contribution in [0.3, 0.4) is 0 Å². The van der Waals surface area contributed by atoms with Gasteiger partial charge in [-0.25, -0.2) is 4.79 Å². The van der Waals surface area contributed by atoms with Crippen molar-refractivity contribution in [1.82, 2.24) is 4.90 Å². The summed E-state index contributed by atoms with van der Waals surface area (Å²) < 4.78 is 5.30. The Balaban J connectivity index is 2.00. The molecule has 3 rings (SSSR count). The summed E-state index contributed by atoms with van der Waals surface area (Å²) in [6.07, 6.45) is 0.195. The summed E-state index contributed by atoms with van der Waals surface area (Å²) in [5.74, 6) is -0.792. The molecule has 1 atom stereocenters. The van der Waals surface area contributed by atoms with Gasteiger partial charge in [0.1, 0.15) is 0 Å². The number of hydrogen-bond acceptors (Lipinski definition) is 3. The van der Waals surface area contributed by atoms with E-state index in [0.29, 0.717) is 27.9 Å². The lowest BCUT2D eigenvalue weighted by molar-refractivity contribution is -0.140. The van der Waals surface area contributed by atoms with Crippen molar-refractivity contribution < 1.29 is 14.3 Å². The van der Waals surface area contributed by atoms with Crippen LogP contribution in [0.5, 0.6) is 0 Å². The number of halogens is 2. The van der Waals surface area contributed by atoms with Gasteiger partial charge in [-0.1, -0.05) is 47.5 Å². The molecule has 0 saturated heterocycles. The largest absolute Gasteiger partial charge is 0.463 e. The summed E-state index contributed by atoms with van der Waals surface area (Å²) >= 11 is 11.9. The van der Waals surface area contributed by atoms with Gasteiger partial charge in [-0.15, -0.1) is 0 Å². The number of ether oxygens (including phenoxy) is 1. The summed E-state index contributed by atoms with van der Waals surface area (Å²) in [6.45, 7) is 4.21. The van der Waals surface area contributed by atoms with Gasteiger partial charge in [0.2, 0.25) is 5.91 Å². The highest BCUT2D eigenvalue weighted by molar-refractivity contribution is 6.30. The van der Waals surface area contributed by atoms with E-state index in [9.17, 15) is 9.59 Å². The van der Waals surface area contributed by atoms with Gasteiger partial charge in [0, 0.05) is 28.1 Å². The van der Waals surface area contributed by atoms with Crippen LogP contribution in [0, 0.1) is 0 Å². The fraction of sp³-hybridized carbons (Fsp3) is 0.273. The predicted molar refractivity (Wildman–Crippen MR) is 110 cm³/mol. The normalized spacial score (nSPS) is 17.1. The average Bonchev–Trinajstić information content (AvgIpc) is 2.67. The number of rotatable bonds is 5. The fourth-order valence-corrected chi connectivity index (χ4v) is 3.68. The zero-order valence-electron chi connectivity index (χ0n) is 15.7. The number of benzene rings is 2. The topological polar surface area (TPSA) is 46.6 Å². The summed E-state index contributed by atoms with van der Waals surface area (Å²) in [4.78, 5) is 27.3. The van der Waals surface area contributed by atoms with Crippen LogP contribution in [-0.4, -0.2) is 23.4 Å². The molecule has 146 valence electrons. The Bertz CT molecular complexity index is 904. The highest BCUT2D eigenvalue weighted by atomic mass is 35.5. The molecule has 0 aromatic heterocycles. The molecule has 0 spiro atoms. The van der Waals surface area contributed by atoms with Gasteiger partial charge in [-0.3, -0.25) is 4.79 Å². The highest BCUT2D eigenvalue weighted by Gasteiger charge is 2.36. The summed E-state index contributed by atoms with van der Waals surface area (Å²) in [5.41, 5.74) is 2.93. The summed E-state index contributed by atoms with van der Waals surface area (Å²) in [6, 6.07) is 14.5. The van der Waals surface area contributed by atoms with Crippen LogP contribution in [0.2, 0.25) is 10.0 Å². The van der Waals surface area contributed by atoms with E-state index < -0.39 is 5.97 Å². The fourth-order valence-electron chi connectivity index (χ4n) is 3.43. The van der Waals surface area contributed by atoms with Crippen molar-refractivity contribution in [3.05, 3.63) is 81.0 Å². The van der Waals surface area contributed by atoms with E-state index in [1.807, 2.05) is 24.3 Å². The quantitative estimate of drug-likeness (QED) is 0.616. The zero-order valence-corrected chi connectivity index (χ0v) is 17.3. The number of amides is 1. The minimum atomic E-state index is -0.395. The highest BCUT2D eigenvalue weighted by Crippen LogP contribution is 2.38. The Morgan fingerprint density at radius 1 is 1.07 bits per heavy atom. The number of hydrogen-bond donors (Lipinski definition) is 0. The summed E-state index contributed by atoms with van der Waals surface area (Å²) in [7, 11) is 0. The molecule has 0 bridgehead atoms. The zero-order chi connectivity index (χ0) is 20.3. The molecule has 0 fully saturated rings. The first kappa shape index (κ1) is 20.4. The Morgan fingerprint density at radius 3 is 2.21 bits per heavy atom. The molecule has 1 aliphatic heterocycles. The van der Waals surface area contributed by atoms with Crippen LogP contribution in [0.1, 0.15) is 37.3 Å². The third kappa shape index (κ3) is 4.40. The first-order valence-corrected chi connectivity index (χ1v) is 9.84. The van der Waals surface area contributed by atoms with Crippen molar-refractivity contribution in [1.29, 1.82) is 0 Å². The van der Waals surface area contributed by atoms with E-state index in [0.717, 1.165) is 11.1 Å². The molecule has 0 N–H and O–H groups in total. The Hall–Kier alpha value is -2.30. The monoisotopic (exact) mass is 417 g/mol. The van der Waals surface area contributed by atoms with Crippen LogP contribution in [-0.2, 0) is 20.9 Å². The van der Waals surface area contributed by atoms with Gasteiger partial charge in [-0.05, 0) is 49.2 Å². The van der Waals surface area contributed by atoms with Gasteiger partial charge < -0.3 is 9.64 Å². The maximum absolute atomic E-state index is 12.9. The van der Waals surface area contributed by atoms with E-state index >= 15 is 0 Å². The maximum atomic E-state index is 12.9. The second-order valence-corrected chi connectivity index (χ2v) is 7.51. The molecule has 0 radical (unpaired) electrons. The Kier molecular flexibility index (Phi) is 6.42. The minimum absolute atomic E-state index is 0.0413. The average molecular weight is 418 g/mol. The van der Waals surface area contributed by atoms with E-state index in [2.05, 4.69) is 0 Å². The van der Waals surface area contributed by atoms with E-state index in [1.165, 1.54) is 0 Å². The number of esters is 1. The first-order valence-electron chi connectivity index (χ1n) is 9.08. The standard InChI is InChI=1S/C22H21Cl2NO3/c1-3-28-22(27)21-14(2)25(13-15-4-8-17(23)9-5-15)20(26)12-19(21)16-6-10-18(24)11-7-16/h4-11,19H,3,12-13H2,1-2H3/t19-/m1/s1. The molecule has 1 amide bonds. The van der Waals surface area contributed by atoms with E-state index in [1.54, 1.807) is 43.0 Å². The van der Waals surface area contributed by atoms with Gasteiger partial charge in [0.15, 0.2) is 0 Å². The van der Waals surface area contributed by atoms with Crippen LogP contribution in [0.25, 0.3) is 0 Å². The molecule has 0 unspecified atom stereocenters. The van der Waals surface area contributed by atoms with Crippen molar-refractivity contribution in [2.24, 2.45) is 0 Å². The van der Waals surface area contributed by atoms with Crippen molar-refractivity contribution in [3.8, 4) is 0 Å².